The van der Waals surface area contributed by atoms with Crippen LogP contribution in [0.15, 0.2) is 59.3 Å². The normalized spacial score (nSPS) is 14.0. The summed E-state index contributed by atoms with van der Waals surface area (Å²) in [6.45, 7) is 4.01. The van der Waals surface area contributed by atoms with Gasteiger partial charge in [-0.15, -0.1) is 5.10 Å². The van der Waals surface area contributed by atoms with Crippen LogP contribution in [0.5, 0.6) is 11.5 Å². The van der Waals surface area contributed by atoms with Gasteiger partial charge in [0.1, 0.15) is 11.4 Å². The van der Waals surface area contributed by atoms with E-state index in [2.05, 4.69) is 46.8 Å². The Morgan fingerprint density at radius 2 is 1.97 bits per heavy atom. The Bertz CT molecular complexity index is 1400. The van der Waals surface area contributed by atoms with Gasteiger partial charge in [0.15, 0.2) is 11.4 Å². The highest BCUT2D eigenvalue weighted by Gasteiger charge is 2.36. The second-order valence-electron chi connectivity index (χ2n) is 8.44. The summed E-state index contributed by atoms with van der Waals surface area (Å²) in [4.78, 5) is 21.2. The molecule has 0 saturated carbocycles. The van der Waals surface area contributed by atoms with Crippen LogP contribution in [0.1, 0.15) is 19.4 Å². The van der Waals surface area contributed by atoms with Gasteiger partial charge < -0.3 is 20.1 Å². The van der Waals surface area contributed by atoms with Gasteiger partial charge in [-0.25, -0.2) is 14.6 Å². The molecule has 0 saturated heterocycles. The first-order valence-corrected chi connectivity index (χ1v) is 11.6. The number of halogens is 1. The van der Waals surface area contributed by atoms with Gasteiger partial charge in [-0.2, -0.15) is 0 Å². The predicted octanol–water partition coefficient (Wildman–Crippen LogP) is 4.41. The second-order valence-corrected chi connectivity index (χ2v) is 9.30. The molecule has 4 aromatic rings. The highest BCUT2D eigenvalue weighted by Crippen LogP contribution is 2.42. The Labute approximate surface area is 209 Å². The Hall–Kier alpha value is -3.99. The molecule has 2 N–H and O–H groups in total. The van der Waals surface area contributed by atoms with Gasteiger partial charge >= 0.3 is 0 Å². The number of anilines is 3. The van der Waals surface area contributed by atoms with Crippen molar-refractivity contribution < 1.29 is 14.3 Å². The van der Waals surface area contributed by atoms with Crippen molar-refractivity contribution in [1.82, 2.24) is 25.0 Å². The maximum atomic E-state index is 12.3. The van der Waals surface area contributed by atoms with E-state index in [9.17, 15) is 4.79 Å². The average Bonchev–Trinajstić information content (AvgIpc) is 3.30. The molecule has 5 rings (SSSR count). The lowest BCUT2D eigenvalue weighted by atomic mass is 10.1. The van der Waals surface area contributed by atoms with Crippen molar-refractivity contribution in [2.75, 3.05) is 17.7 Å². The third-order valence-electron chi connectivity index (χ3n) is 5.41. The molecule has 0 radical (unpaired) electrons. The summed E-state index contributed by atoms with van der Waals surface area (Å²) in [5.41, 5.74) is 2.61. The zero-order valence-corrected chi connectivity index (χ0v) is 20.8. The van der Waals surface area contributed by atoms with Gasteiger partial charge in [0.25, 0.3) is 5.91 Å². The minimum atomic E-state index is -0.952. The van der Waals surface area contributed by atoms with Crippen LogP contribution in [0.3, 0.4) is 0 Å². The third kappa shape index (κ3) is 4.80. The number of methoxy groups -OCH3 is 1. The molecule has 1 amide bonds. The fourth-order valence-corrected chi connectivity index (χ4v) is 4.08. The number of ether oxygens (including phenoxy) is 2. The van der Waals surface area contributed by atoms with Crippen molar-refractivity contribution >= 4 is 39.2 Å². The molecule has 0 atom stereocenters. The Kier molecular flexibility index (Phi) is 5.85. The second kappa shape index (κ2) is 8.99. The molecule has 10 nitrogen and oxygen atoms in total. The summed E-state index contributed by atoms with van der Waals surface area (Å²) in [7, 11) is 1.64. The van der Waals surface area contributed by atoms with Crippen LogP contribution >= 0.6 is 15.9 Å². The first-order chi connectivity index (χ1) is 16.8. The van der Waals surface area contributed by atoms with Crippen LogP contribution in [0.2, 0.25) is 0 Å². The monoisotopic (exact) mass is 535 g/mol. The summed E-state index contributed by atoms with van der Waals surface area (Å²) in [6.07, 6.45) is 3.48. The van der Waals surface area contributed by atoms with E-state index in [1.165, 1.54) is 0 Å². The van der Waals surface area contributed by atoms with Crippen LogP contribution < -0.4 is 20.1 Å². The standard InChI is InChI=1S/C24H22BrN7O3/c1-24(2)22(33)28-19-11-15(10-17(25)21(19)35-24)27-23-26-9-8-18(29-23)20-13-32(31-30-20)12-14-4-6-16(34-3)7-5-14/h4-11,13H,12H2,1-3H3,(H,28,33)(H,26,27,29). The fraction of sp³-hybridized carbons (Fsp3) is 0.208. The Morgan fingerprint density at radius 1 is 1.17 bits per heavy atom. The van der Waals surface area contributed by atoms with Gasteiger partial charge in [0.2, 0.25) is 5.95 Å². The van der Waals surface area contributed by atoms with Gasteiger partial charge in [0, 0.05) is 11.9 Å². The summed E-state index contributed by atoms with van der Waals surface area (Å²) < 4.78 is 13.5. The van der Waals surface area contributed by atoms with Crippen molar-refractivity contribution in [3.63, 3.8) is 0 Å². The van der Waals surface area contributed by atoms with Gasteiger partial charge in [-0.3, -0.25) is 4.79 Å². The molecule has 178 valence electrons. The van der Waals surface area contributed by atoms with E-state index in [0.29, 0.717) is 45.5 Å². The van der Waals surface area contributed by atoms with E-state index in [4.69, 9.17) is 9.47 Å². The smallest absolute Gasteiger partial charge is 0.268 e. The van der Waals surface area contributed by atoms with Crippen LogP contribution in [0.4, 0.5) is 17.3 Å². The number of aromatic nitrogens is 5. The Morgan fingerprint density at radius 3 is 2.74 bits per heavy atom. The number of hydrogen-bond donors (Lipinski definition) is 2. The zero-order chi connectivity index (χ0) is 24.6. The first-order valence-electron chi connectivity index (χ1n) is 10.8. The molecule has 2 aromatic carbocycles. The average molecular weight is 536 g/mol. The molecule has 3 heterocycles. The molecule has 35 heavy (non-hydrogen) atoms. The molecular weight excluding hydrogens is 514 g/mol. The van der Waals surface area contributed by atoms with Gasteiger partial charge in [-0.1, -0.05) is 17.3 Å². The molecule has 0 aliphatic carbocycles. The number of fused-ring (bicyclic) bond motifs is 1. The van der Waals surface area contributed by atoms with Gasteiger partial charge in [0.05, 0.1) is 35.7 Å². The zero-order valence-electron chi connectivity index (χ0n) is 19.2. The van der Waals surface area contributed by atoms with Gasteiger partial charge in [-0.05, 0) is 65.7 Å². The van der Waals surface area contributed by atoms with E-state index in [0.717, 1.165) is 11.3 Å². The number of carbonyl (C=O) groups excluding carboxylic acids is 1. The topological polar surface area (TPSA) is 116 Å². The summed E-state index contributed by atoms with van der Waals surface area (Å²) in [6, 6.07) is 13.2. The minimum absolute atomic E-state index is 0.218. The predicted molar refractivity (Wildman–Crippen MR) is 134 cm³/mol. The molecular formula is C24H22BrN7O3. The number of benzene rings is 2. The number of nitrogens with zero attached hydrogens (tertiary/aromatic N) is 5. The molecule has 1 aliphatic rings. The maximum absolute atomic E-state index is 12.3. The molecule has 0 unspecified atom stereocenters. The summed E-state index contributed by atoms with van der Waals surface area (Å²) >= 11 is 3.52. The number of amides is 1. The minimum Gasteiger partial charge on any atom is -0.497 e. The SMILES string of the molecule is COc1ccc(Cn2cc(-c3ccnc(Nc4cc(Br)c5c(c4)NC(=O)C(C)(C)O5)n3)nn2)cc1. The lowest BCUT2D eigenvalue weighted by Gasteiger charge is -2.32. The van der Waals surface area contributed by atoms with E-state index >= 15 is 0 Å². The van der Waals surface area contributed by atoms with Crippen molar-refractivity contribution in [2.24, 2.45) is 0 Å². The van der Waals surface area contributed by atoms with Crippen LogP contribution in [0.25, 0.3) is 11.4 Å². The maximum Gasteiger partial charge on any atom is 0.268 e. The van der Waals surface area contributed by atoms with E-state index in [1.54, 1.807) is 44.0 Å². The van der Waals surface area contributed by atoms with E-state index in [-0.39, 0.29) is 5.91 Å². The highest BCUT2D eigenvalue weighted by molar-refractivity contribution is 9.10. The van der Waals surface area contributed by atoms with Crippen LogP contribution in [0, 0.1) is 0 Å². The summed E-state index contributed by atoms with van der Waals surface area (Å²) in [5, 5.41) is 14.5. The molecule has 11 heteroatoms. The molecule has 1 aliphatic heterocycles. The lowest BCUT2D eigenvalue weighted by Crippen LogP contribution is -2.45. The summed E-state index contributed by atoms with van der Waals surface area (Å²) in [5.74, 6) is 1.54. The number of carbonyl (C=O) groups is 1. The first kappa shape index (κ1) is 22.8. The molecule has 0 spiro atoms. The lowest BCUT2D eigenvalue weighted by molar-refractivity contribution is -0.129. The van der Waals surface area contributed by atoms with E-state index in [1.807, 2.05) is 36.5 Å². The quantitative estimate of drug-likeness (QED) is 0.373. The van der Waals surface area contributed by atoms with Crippen LogP contribution in [-0.4, -0.2) is 43.6 Å². The fourth-order valence-electron chi connectivity index (χ4n) is 3.54. The van der Waals surface area contributed by atoms with Crippen molar-refractivity contribution in [3.05, 3.63) is 64.9 Å². The highest BCUT2D eigenvalue weighted by atomic mass is 79.9. The molecule has 0 fully saturated rings. The number of nitrogens with one attached hydrogen (secondary N) is 2. The van der Waals surface area contributed by atoms with E-state index < -0.39 is 5.60 Å². The Balaban J connectivity index is 1.33. The molecule has 0 bridgehead atoms. The number of hydrogen-bond acceptors (Lipinski definition) is 8. The number of rotatable bonds is 6. The van der Waals surface area contributed by atoms with Crippen molar-refractivity contribution in [2.45, 2.75) is 26.0 Å². The largest absolute Gasteiger partial charge is 0.497 e. The van der Waals surface area contributed by atoms with Crippen molar-refractivity contribution in [3.8, 4) is 22.9 Å². The third-order valence-corrected chi connectivity index (χ3v) is 6.00. The molecule has 2 aromatic heterocycles. The van der Waals surface area contributed by atoms with Crippen LogP contribution in [-0.2, 0) is 11.3 Å². The van der Waals surface area contributed by atoms with Crippen molar-refractivity contribution in [1.29, 1.82) is 0 Å².